The summed E-state index contributed by atoms with van der Waals surface area (Å²) in [6.45, 7) is 3.86. The molecule has 0 bridgehead atoms. The van der Waals surface area contributed by atoms with Gasteiger partial charge in [-0.2, -0.15) is 0 Å². The number of imide groups is 1. The van der Waals surface area contributed by atoms with Gasteiger partial charge in [-0.15, -0.1) is 0 Å². The van der Waals surface area contributed by atoms with E-state index in [1.165, 1.54) is 4.90 Å². The number of hydroxylamine groups is 1. The van der Waals surface area contributed by atoms with E-state index in [9.17, 15) is 9.59 Å². The smallest absolute Gasteiger partial charge is 0.266 e. The lowest BCUT2D eigenvalue weighted by atomic mass is 9.89. The van der Waals surface area contributed by atoms with Crippen molar-refractivity contribution in [1.82, 2.24) is 0 Å². The molecule has 0 spiro atoms. The summed E-state index contributed by atoms with van der Waals surface area (Å²) in [6.07, 6.45) is -0.985. The minimum atomic E-state index is -0.985. The quantitative estimate of drug-likeness (QED) is 0.477. The van der Waals surface area contributed by atoms with E-state index in [0.717, 1.165) is 11.1 Å². The Kier molecular flexibility index (Phi) is 6.05. The molecule has 2 fully saturated rings. The Morgan fingerprint density at radius 3 is 2.08 bits per heavy atom. The van der Waals surface area contributed by atoms with E-state index >= 15 is 0 Å². The van der Waals surface area contributed by atoms with Crippen LogP contribution in [0.4, 0.5) is 11.4 Å². The van der Waals surface area contributed by atoms with Gasteiger partial charge in [0.25, 0.3) is 5.91 Å². The zero-order valence-corrected chi connectivity index (χ0v) is 20.8. The summed E-state index contributed by atoms with van der Waals surface area (Å²) in [6, 6.07) is 17.9. The van der Waals surface area contributed by atoms with Gasteiger partial charge in [0.05, 0.1) is 32.7 Å². The summed E-state index contributed by atoms with van der Waals surface area (Å²) in [5.41, 5.74) is 3.83. The Labute approximate surface area is 209 Å². The van der Waals surface area contributed by atoms with Crippen molar-refractivity contribution in [1.29, 1.82) is 0 Å². The zero-order valence-electron chi connectivity index (χ0n) is 20.8. The molecule has 186 valence electrons. The maximum atomic E-state index is 14.0. The molecule has 2 aliphatic heterocycles. The Balaban J connectivity index is 1.66. The maximum absolute atomic E-state index is 14.0. The molecule has 2 saturated heterocycles. The average molecular weight is 489 g/mol. The molecule has 0 aromatic heterocycles. The third-order valence-electron chi connectivity index (χ3n) is 6.77. The first-order valence-electron chi connectivity index (χ1n) is 11.7. The van der Waals surface area contributed by atoms with Crippen LogP contribution in [0.2, 0.25) is 0 Å². The molecule has 5 rings (SSSR count). The summed E-state index contributed by atoms with van der Waals surface area (Å²) in [5.74, 6) is -0.0474. The van der Waals surface area contributed by atoms with Crippen molar-refractivity contribution in [3.05, 3.63) is 77.4 Å². The van der Waals surface area contributed by atoms with Crippen LogP contribution in [0.1, 0.15) is 22.7 Å². The highest BCUT2D eigenvalue weighted by atomic mass is 16.7. The van der Waals surface area contributed by atoms with Crippen molar-refractivity contribution in [2.24, 2.45) is 5.92 Å². The lowest BCUT2D eigenvalue weighted by Crippen LogP contribution is -2.37. The third kappa shape index (κ3) is 3.65. The van der Waals surface area contributed by atoms with Gasteiger partial charge in [0.2, 0.25) is 5.91 Å². The minimum Gasteiger partial charge on any atom is -0.496 e. The van der Waals surface area contributed by atoms with Crippen LogP contribution >= 0.6 is 0 Å². The van der Waals surface area contributed by atoms with Gasteiger partial charge in [-0.25, -0.2) is 9.96 Å². The number of ether oxygens (including phenoxy) is 3. The van der Waals surface area contributed by atoms with Gasteiger partial charge in [0, 0.05) is 11.6 Å². The van der Waals surface area contributed by atoms with Crippen molar-refractivity contribution in [2.45, 2.75) is 26.0 Å². The zero-order chi connectivity index (χ0) is 25.6. The van der Waals surface area contributed by atoms with Gasteiger partial charge in [-0.05, 0) is 43.7 Å². The van der Waals surface area contributed by atoms with Gasteiger partial charge in [0.1, 0.15) is 17.7 Å². The molecule has 8 heteroatoms. The number of carbonyl (C=O) groups is 2. The van der Waals surface area contributed by atoms with Crippen molar-refractivity contribution >= 4 is 23.2 Å². The molecule has 2 amide bonds. The van der Waals surface area contributed by atoms with Crippen LogP contribution in [0, 0.1) is 19.8 Å². The van der Waals surface area contributed by atoms with Crippen molar-refractivity contribution in [3.8, 4) is 17.2 Å². The fraction of sp³-hybridized carbons (Fsp3) is 0.286. The molecule has 36 heavy (non-hydrogen) atoms. The van der Waals surface area contributed by atoms with Crippen LogP contribution in [-0.2, 0) is 14.4 Å². The predicted octanol–water partition coefficient (Wildman–Crippen LogP) is 4.38. The highest BCUT2D eigenvalue weighted by Crippen LogP contribution is 2.51. The fourth-order valence-corrected chi connectivity index (χ4v) is 5.11. The van der Waals surface area contributed by atoms with Crippen molar-refractivity contribution in [2.75, 3.05) is 31.3 Å². The number of aryl methyl sites for hydroxylation is 2. The minimum absolute atomic E-state index is 0.322. The molecule has 0 aliphatic carbocycles. The van der Waals surface area contributed by atoms with Crippen LogP contribution < -0.4 is 24.2 Å². The van der Waals surface area contributed by atoms with Crippen LogP contribution in [-0.4, -0.2) is 39.2 Å². The van der Waals surface area contributed by atoms with Gasteiger partial charge in [-0.3, -0.25) is 14.4 Å². The van der Waals surface area contributed by atoms with Crippen LogP contribution in [0.25, 0.3) is 0 Å². The van der Waals surface area contributed by atoms with Gasteiger partial charge in [0.15, 0.2) is 17.6 Å². The first kappa shape index (κ1) is 23.7. The lowest BCUT2D eigenvalue weighted by Gasteiger charge is -2.30. The number of carbonyl (C=O) groups excluding carboxylic acids is 2. The monoisotopic (exact) mass is 488 g/mol. The molecule has 3 aromatic rings. The van der Waals surface area contributed by atoms with Crippen LogP contribution in [0.15, 0.2) is 60.7 Å². The van der Waals surface area contributed by atoms with E-state index in [0.29, 0.717) is 34.2 Å². The summed E-state index contributed by atoms with van der Waals surface area (Å²) >= 11 is 0. The largest absolute Gasteiger partial charge is 0.496 e. The second-order valence-corrected chi connectivity index (χ2v) is 8.91. The summed E-state index contributed by atoms with van der Waals surface area (Å²) in [4.78, 5) is 35.1. The van der Waals surface area contributed by atoms with Gasteiger partial charge < -0.3 is 14.2 Å². The Bertz CT molecular complexity index is 1330. The standard InChI is InChI=1S/C28H28N2O6/c1-16-11-12-20(17(2)13-16)29-27(31)24-25(19-14-22(34-4)23(35-5)15-21(19)33-3)30(36-26(24)28(29)32)18-9-7-6-8-10-18/h6-15,24-26H,1-5H3/t24-,25-,26+/m1/s1. The second kappa shape index (κ2) is 9.20. The molecule has 0 radical (unpaired) electrons. The highest BCUT2D eigenvalue weighted by Gasteiger charge is 2.61. The number of methoxy groups -OCH3 is 3. The van der Waals surface area contributed by atoms with E-state index in [-0.39, 0.29) is 11.8 Å². The molecule has 3 aromatic carbocycles. The van der Waals surface area contributed by atoms with E-state index < -0.39 is 18.1 Å². The molecule has 3 atom stereocenters. The normalized spacial score (nSPS) is 21.1. The number of rotatable bonds is 6. The third-order valence-corrected chi connectivity index (χ3v) is 6.77. The maximum Gasteiger partial charge on any atom is 0.266 e. The Hall–Kier alpha value is -4.04. The number of nitrogens with zero attached hydrogens (tertiary/aromatic N) is 2. The Morgan fingerprint density at radius 2 is 1.44 bits per heavy atom. The average Bonchev–Trinajstić information content (AvgIpc) is 3.39. The number of para-hydroxylation sites is 1. The van der Waals surface area contributed by atoms with Crippen LogP contribution in [0.3, 0.4) is 0 Å². The first-order valence-corrected chi connectivity index (χ1v) is 11.7. The molecule has 0 unspecified atom stereocenters. The molecule has 2 heterocycles. The summed E-state index contributed by atoms with van der Waals surface area (Å²) < 4.78 is 16.7. The van der Waals surface area contributed by atoms with Crippen LogP contribution in [0.5, 0.6) is 17.2 Å². The van der Waals surface area contributed by atoms with Gasteiger partial charge >= 0.3 is 0 Å². The number of anilines is 2. The van der Waals surface area contributed by atoms with Crippen molar-refractivity contribution in [3.63, 3.8) is 0 Å². The number of amides is 2. The molecular weight excluding hydrogens is 460 g/mol. The molecule has 8 nitrogen and oxygen atoms in total. The fourth-order valence-electron chi connectivity index (χ4n) is 5.11. The summed E-state index contributed by atoms with van der Waals surface area (Å²) in [5, 5.41) is 1.63. The topological polar surface area (TPSA) is 77.5 Å². The van der Waals surface area contributed by atoms with E-state index in [4.69, 9.17) is 19.0 Å². The number of hydrogen-bond donors (Lipinski definition) is 0. The SMILES string of the molecule is COc1cc(OC)c([C@@H]2[C@H]3C(=O)N(c4ccc(C)cc4C)C(=O)[C@H]3ON2c2ccccc2)cc1OC. The molecule has 0 saturated carbocycles. The predicted molar refractivity (Wildman–Crippen MR) is 135 cm³/mol. The lowest BCUT2D eigenvalue weighted by molar-refractivity contribution is -0.126. The second-order valence-electron chi connectivity index (χ2n) is 8.91. The molecule has 2 aliphatic rings. The molecular formula is C28H28N2O6. The number of benzene rings is 3. The van der Waals surface area contributed by atoms with E-state index in [1.54, 1.807) is 38.5 Å². The number of hydrogen-bond acceptors (Lipinski definition) is 7. The summed E-state index contributed by atoms with van der Waals surface area (Å²) in [7, 11) is 4.64. The van der Waals surface area contributed by atoms with E-state index in [2.05, 4.69) is 0 Å². The molecule has 0 N–H and O–H groups in total. The van der Waals surface area contributed by atoms with E-state index in [1.807, 2.05) is 62.4 Å². The highest BCUT2D eigenvalue weighted by molar-refractivity contribution is 6.24. The van der Waals surface area contributed by atoms with Gasteiger partial charge in [-0.1, -0.05) is 35.9 Å². The Morgan fingerprint density at radius 1 is 0.778 bits per heavy atom. The first-order chi connectivity index (χ1) is 17.4. The van der Waals surface area contributed by atoms with Crippen molar-refractivity contribution < 1.29 is 28.6 Å². The number of fused-ring (bicyclic) bond motifs is 1.